The van der Waals surface area contributed by atoms with Gasteiger partial charge in [-0.1, -0.05) is 13.8 Å². The summed E-state index contributed by atoms with van der Waals surface area (Å²) < 4.78 is 25.8. The molecule has 0 saturated carbocycles. The van der Waals surface area contributed by atoms with E-state index in [-0.39, 0.29) is 0 Å². The molecule has 0 bridgehead atoms. The zero-order chi connectivity index (χ0) is 11.5. The van der Waals surface area contributed by atoms with Gasteiger partial charge in [0.15, 0.2) is 0 Å². The van der Waals surface area contributed by atoms with Gasteiger partial charge in [-0.3, -0.25) is 0 Å². The van der Waals surface area contributed by atoms with Crippen LogP contribution in [0.15, 0.2) is 0 Å². The van der Waals surface area contributed by atoms with Crippen molar-refractivity contribution in [3.8, 4) is 0 Å². The molecule has 0 spiro atoms. The third kappa shape index (κ3) is 3.11. The number of piperidine rings is 1. The van der Waals surface area contributed by atoms with Gasteiger partial charge >= 0.3 is 0 Å². The molecule has 1 N–H and O–H groups in total. The molecule has 0 aromatic heterocycles. The number of likely N-dealkylation sites (tertiary alicyclic amines) is 1. The summed E-state index contributed by atoms with van der Waals surface area (Å²) in [6.45, 7) is 6.90. The molecule has 0 aliphatic carbocycles. The SMILES string of the molecule is CNC1(C(F)F)CCN(CC(C)C)CC1. The first-order chi connectivity index (χ1) is 7.00. The van der Waals surface area contributed by atoms with E-state index >= 15 is 0 Å². The highest BCUT2D eigenvalue weighted by Gasteiger charge is 2.41. The maximum absolute atomic E-state index is 12.9. The summed E-state index contributed by atoms with van der Waals surface area (Å²) in [5, 5.41) is 2.81. The molecule has 1 heterocycles. The number of hydrogen-bond acceptors (Lipinski definition) is 2. The Kier molecular flexibility index (Phi) is 4.46. The van der Waals surface area contributed by atoms with Crippen molar-refractivity contribution in [3.63, 3.8) is 0 Å². The zero-order valence-corrected chi connectivity index (χ0v) is 9.89. The molecule has 90 valence electrons. The van der Waals surface area contributed by atoms with Crippen LogP contribution in [0.2, 0.25) is 0 Å². The Labute approximate surface area is 91.0 Å². The summed E-state index contributed by atoms with van der Waals surface area (Å²) in [4.78, 5) is 2.28. The van der Waals surface area contributed by atoms with Crippen LogP contribution in [0.25, 0.3) is 0 Å². The van der Waals surface area contributed by atoms with E-state index in [0.29, 0.717) is 18.8 Å². The van der Waals surface area contributed by atoms with E-state index in [1.54, 1.807) is 7.05 Å². The lowest BCUT2D eigenvalue weighted by atomic mass is 9.88. The molecule has 4 heteroatoms. The van der Waals surface area contributed by atoms with Crippen molar-refractivity contribution in [3.05, 3.63) is 0 Å². The molecule has 0 unspecified atom stereocenters. The van der Waals surface area contributed by atoms with E-state index in [4.69, 9.17) is 0 Å². The van der Waals surface area contributed by atoms with Gasteiger partial charge < -0.3 is 10.2 Å². The third-order valence-electron chi connectivity index (χ3n) is 3.29. The second kappa shape index (κ2) is 5.21. The molecule has 1 fully saturated rings. The van der Waals surface area contributed by atoms with E-state index in [9.17, 15) is 8.78 Å². The first-order valence-corrected chi connectivity index (χ1v) is 5.69. The summed E-state index contributed by atoms with van der Waals surface area (Å²) in [6, 6.07) is 0. The third-order valence-corrected chi connectivity index (χ3v) is 3.29. The number of alkyl halides is 2. The largest absolute Gasteiger partial charge is 0.309 e. The second-order valence-corrected chi connectivity index (χ2v) is 4.90. The maximum atomic E-state index is 12.9. The van der Waals surface area contributed by atoms with Gasteiger partial charge in [0.1, 0.15) is 0 Å². The molecule has 0 amide bonds. The Balaban J connectivity index is 2.46. The lowest BCUT2D eigenvalue weighted by molar-refractivity contribution is -0.00842. The molecular weight excluding hydrogens is 198 g/mol. The monoisotopic (exact) mass is 220 g/mol. The van der Waals surface area contributed by atoms with E-state index in [1.165, 1.54) is 0 Å². The Morgan fingerprint density at radius 3 is 2.13 bits per heavy atom. The van der Waals surface area contributed by atoms with E-state index in [0.717, 1.165) is 19.6 Å². The molecule has 0 radical (unpaired) electrons. The van der Waals surface area contributed by atoms with Gasteiger partial charge in [-0.15, -0.1) is 0 Å². The topological polar surface area (TPSA) is 15.3 Å². The summed E-state index contributed by atoms with van der Waals surface area (Å²) in [7, 11) is 1.64. The van der Waals surface area contributed by atoms with E-state index < -0.39 is 12.0 Å². The molecule has 0 atom stereocenters. The van der Waals surface area contributed by atoms with Crippen molar-refractivity contribution in [2.24, 2.45) is 5.92 Å². The van der Waals surface area contributed by atoms with Crippen molar-refractivity contribution in [1.29, 1.82) is 0 Å². The predicted molar refractivity (Wildman–Crippen MR) is 58.3 cm³/mol. The second-order valence-electron chi connectivity index (χ2n) is 4.90. The predicted octanol–water partition coefficient (Wildman–Crippen LogP) is 1.96. The standard InChI is InChI=1S/C11H22F2N2/c1-9(2)8-15-6-4-11(14-3,5-7-15)10(12)13/h9-10,14H,4-8H2,1-3H3. The summed E-state index contributed by atoms with van der Waals surface area (Å²) in [5.74, 6) is 0.610. The van der Waals surface area contributed by atoms with Gasteiger partial charge in [-0.25, -0.2) is 8.78 Å². The molecule has 15 heavy (non-hydrogen) atoms. The molecule has 1 rings (SSSR count). The highest BCUT2D eigenvalue weighted by atomic mass is 19.3. The molecule has 1 aliphatic rings. The Bertz CT molecular complexity index is 187. The molecular formula is C11H22F2N2. The molecule has 2 nitrogen and oxygen atoms in total. The number of nitrogens with one attached hydrogen (secondary N) is 1. The first kappa shape index (κ1) is 12.8. The Morgan fingerprint density at radius 2 is 1.80 bits per heavy atom. The van der Waals surface area contributed by atoms with Crippen LogP contribution in [-0.4, -0.2) is 43.5 Å². The quantitative estimate of drug-likeness (QED) is 0.779. The van der Waals surface area contributed by atoms with Gasteiger partial charge in [-0.05, 0) is 25.8 Å². The summed E-state index contributed by atoms with van der Waals surface area (Å²) in [5.41, 5.74) is -0.937. The fourth-order valence-electron chi connectivity index (χ4n) is 2.23. The smallest absolute Gasteiger partial charge is 0.256 e. The van der Waals surface area contributed by atoms with Gasteiger partial charge in [0.2, 0.25) is 0 Å². The Hall–Kier alpha value is -0.220. The average molecular weight is 220 g/mol. The van der Waals surface area contributed by atoms with Crippen molar-refractivity contribution < 1.29 is 8.78 Å². The van der Waals surface area contributed by atoms with Crippen LogP contribution in [0, 0.1) is 5.92 Å². The molecule has 1 saturated heterocycles. The number of rotatable bonds is 4. The number of hydrogen-bond donors (Lipinski definition) is 1. The van der Waals surface area contributed by atoms with Gasteiger partial charge in [0.25, 0.3) is 6.43 Å². The fourth-order valence-corrected chi connectivity index (χ4v) is 2.23. The van der Waals surface area contributed by atoms with Crippen LogP contribution in [0.5, 0.6) is 0 Å². The van der Waals surface area contributed by atoms with Gasteiger partial charge in [0, 0.05) is 19.6 Å². The van der Waals surface area contributed by atoms with Crippen molar-refractivity contribution >= 4 is 0 Å². The fraction of sp³-hybridized carbons (Fsp3) is 1.00. The normalized spacial score (nSPS) is 22.6. The van der Waals surface area contributed by atoms with Gasteiger partial charge in [0.05, 0.1) is 5.54 Å². The first-order valence-electron chi connectivity index (χ1n) is 5.69. The van der Waals surface area contributed by atoms with Crippen LogP contribution in [0.3, 0.4) is 0 Å². The van der Waals surface area contributed by atoms with Crippen LogP contribution in [0.1, 0.15) is 26.7 Å². The van der Waals surface area contributed by atoms with E-state index in [2.05, 4.69) is 24.1 Å². The summed E-state index contributed by atoms with van der Waals surface area (Å²) >= 11 is 0. The lowest BCUT2D eigenvalue weighted by Crippen LogP contribution is -2.56. The van der Waals surface area contributed by atoms with Crippen molar-refractivity contribution in [1.82, 2.24) is 10.2 Å². The van der Waals surface area contributed by atoms with Crippen LogP contribution >= 0.6 is 0 Å². The van der Waals surface area contributed by atoms with E-state index in [1.807, 2.05) is 0 Å². The van der Waals surface area contributed by atoms with Crippen LogP contribution in [-0.2, 0) is 0 Å². The van der Waals surface area contributed by atoms with Crippen molar-refractivity contribution in [2.75, 3.05) is 26.7 Å². The Morgan fingerprint density at radius 1 is 1.27 bits per heavy atom. The highest BCUT2D eigenvalue weighted by Crippen LogP contribution is 2.28. The minimum absolute atomic E-state index is 0.549. The molecule has 0 aromatic carbocycles. The average Bonchev–Trinajstić information content (AvgIpc) is 2.18. The minimum atomic E-state index is -2.26. The maximum Gasteiger partial charge on any atom is 0.256 e. The van der Waals surface area contributed by atoms with Crippen LogP contribution < -0.4 is 5.32 Å². The molecule has 0 aromatic rings. The van der Waals surface area contributed by atoms with Crippen molar-refractivity contribution in [2.45, 2.75) is 38.7 Å². The summed E-state index contributed by atoms with van der Waals surface area (Å²) in [6.07, 6.45) is -1.16. The van der Waals surface area contributed by atoms with Crippen LogP contribution in [0.4, 0.5) is 8.78 Å². The lowest BCUT2D eigenvalue weighted by Gasteiger charge is -2.41. The number of halogens is 2. The highest BCUT2D eigenvalue weighted by molar-refractivity contribution is 4.94. The zero-order valence-electron chi connectivity index (χ0n) is 9.89. The molecule has 1 aliphatic heterocycles. The minimum Gasteiger partial charge on any atom is -0.309 e. The number of nitrogens with zero attached hydrogens (tertiary/aromatic N) is 1. The van der Waals surface area contributed by atoms with Gasteiger partial charge in [-0.2, -0.15) is 0 Å².